The fourth-order valence-corrected chi connectivity index (χ4v) is 3.17. The van der Waals surface area contributed by atoms with Gasteiger partial charge in [-0.05, 0) is 26.0 Å². The van der Waals surface area contributed by atoms with Gasteiger partial charge < -0.3 is 9.72 Å². The van der Waals surface area contributed by atoms with Gasteiger partial charge in [-0.25, -0.2) is 4.98 Å². The van der Waals surface area contributed by atoms with Gasteiger partial charge in [0.1, 0.15) is 5.82 Å². The predicted octanol–water partition coefficient (Wildman–Crippen LogP) is 2.93. The lowest BCUT2D eigenvalue weighted by molar-refractivity contribution is -0.142. The molecule has 0 unspecified atom stereocenters. The Bertz CT molecular complexity index is 730. The summed E-state index contributed by atoms with van der Waals surface area (Å²) in [6, 6.07) is 3.57. The molecule has 1 heterocycles. The van der Waals surface area contributed by atoms with E-state index in [-0.39, 0.29) is 11.5 Å². The van der Waals surface area contributed by atoms with Crippen LogP contribution in [0.5, 0.6) is 0 Å². The molecule has 1 N–H and O–H groups in total. The normalized spacial score (nSPS) is 10.8. The fraction of sp³-hybridized carbons (Fsp3) is 0.357. The molecular formula is C14H15ClN2O3S. The minimum absolute atomic E-state index is 0.239. The van der Waals surface area contributed by atoms with Gasteiger partial charge in [0.2, 0.25) is 0 Å². The van der Waals surface area contributed by atoms with Crippen LogP contribution in [-0.2, 0) is 9.53 Å². The van der Waals surface area contributed by atoms with Crippen molar-refractivity contribution in [2.75, 3.05) is 12.4 Å². The fourth-order valence-electron chi connectivity index (χ4n) is 1.88. The van der Waals surface area contributed by atoms with Crippen molar-refractivity contribution in [1.82, 2.24) is 9.97 Å². The third kappa shape index (κ3) is 3.77. The summed E-state index contributed by atoms with van der Waals surface area (Å²) in [4.78, 5) is 30.9. The van der Waals surface area contributed by atoms with Gasteiger partial charge in [0.25, 0.3) is 5.56 Å². The third-order valence-electron chi connectivity index (χ3n) is 2.76. The Labute approximate surface area is 131 Å². The number of aryl methyl sites for hydroxylation is 1. The molecule has 0 saturated heterocycles. The van der Waals surface area contributed by atoms with Crippen molar-refractivity contribution >= 4 is 40.2 Å². The highest BCUT2D eigenvalue weighted by Crippen LogP contribution is 2.31. The van der Waals surface area contributed by atoms with Gasteiger partial charge in [-0.2, -0.15) is 0 Å². The van der Waals surface area contributed by atoms with Crippen LogP contribution in [0, 0.1) is 6.92 Å². The molecule has 0 atom stereocenters. The van der Waals surface area contributed by atoms with E-state index in [1.54, 1.807) is 19.9 Å². The molecule has 1 aromatic heterocycles. The molecule has 0 fully saturated rings. The first-order chi connectivity index (χ1) is 10.0. The average molecular weight is 327 g/mol. The van der Waals surface area contributed by atoms with Crippen LogP contribution in [0.15, 0.2) is 21.8 Å². The summed E-state index contributed by atoms with van der Waals surface area (Å²) >= 11 is 7.69. The molecule has 1 aromatic carbocycles. The van der Waals surface area contributed by atoms with Crippen LogP contribution >= 0.6 is 23.4 Å². The van der Waals surface area contributed by atoms with Crippen molar-refractivity contribution in [3.05, 3.63) is 33.3 Å². The summed E-state index contributed by atoms with van der Waals surface area (Å²) in [5, 5.41) is 0.749. The largest absolute Gasteiger partial charge is 0.466 e. The summed E-state index contributed by atoms with van der Waals surface area (Å²) in [5.41, 5.74) is 0.311. The highest BCUT2D eigenvalue weighted by Gasteiger charge is 2.12. The second kappa shape index (κ2) is 6.95. The molecule has 21 heavy (non-hydrogen) atoms. The van der Waals surface area contributed by atoms with Gasteiger partial charge in [-0.1, -0.05) is 11.6 Å². The monoisotopic (exact) mass is 326 g/mol. The Morgan fingerprint density at radius 2 is 2.24 bits per heavy atom. The quantitative estimate of drug-likeness (QED) is 0.675. The molecule has 0 aliphatic rings. The Morgan fingerprint density at radius 3 is 2.95 bits per heavy atom. The standard InChI is InChI=1S/C14H15ClN2O3S/c1-3-20-11(18)6-7-21-10-5-4-9-12(13(10)15)14(19)17-8(2)16-9/h4-5H,3,6-7H2,1-2H3,(H,16,17,19). The Balaban J connectivity index is 2.20. The van der Waals surface area contributed by atoms with Gasteiger partial charge >= 0.3 is 5.97 Å². The van der Waals surface area contributed by atoms with Crippen molar-refractivity contribution < 1.29 is 9.53 Å². The first-order valence-electron chi connectivity index (χ1n) is 6.50. The topological polar surface area (TPSA) is 72.0 Å². The second-order valence-corrected chi connectivity index (χ2v) is 5.84. The molecule has 112 valence electrons. The molecule has 0 radical (unpaired) electrons. The maximum atomic E-state index is 12.0. The zero-order chi connectivity index (χ0) is 15.4. The number of H-pyrrole nitrogens is 1. The van der Waals surface area contributed by atoms with Crippen molar-refractivity contribution in [1.29, 1.82) is 0 Å². The highest BCUT2D eigenvalue weighted by atomic mass is 35.5. The molecule has 2 rings (SSSR count). The summed E-state index contributed by atoms with van der Waals surface area (Å²) in [7, 11) is 0. The number of ether oxygens (including phenoxy) is 1. The summed E-state index contributed by atoms with van der Waals surface area (Å²) in [5.74, 6) is 0.852. The number of halogens is 1. The number of carbonyl (C=O) groups excluding carboxylic acids is 1. The van der Waals surface area contributed by atoms with Crippen LogP contribution in [0.3, 0.4) is 0 Å². The molecule has 2 aromatic rings. The number of esters is 1. The number of nitrogens with one attached hydrogen (secondary N) is 1. The van der Waals surface area contributed by atoms with Crippen molar-refractivity contribution in [2.24, 2.45) is 0 Å². The summed E-state index contributed by atoms with van der Waals surface area (Å²) in [6.07, 6.45) is 0.301. The van der Waals surface area contributed by atoms with Crippen LogP contribution in [0.1, 0.15) is 19.2 Å². The zero-order valence-corrected chi connectivity index (χ0v) is 13.3. The van der Waals surface area contributed by atoms with E-state index < -0.39 is 0 Å². The summed E-state index contributed by atoms with van der Waals surface area (Å²) in [6.45, 7) is 3.86. The molecule has 0 bridgehead atoms. The van der Waals surface area contributed by atoms with Crippen LogP contribution in [0.25, 0.3) is 10.9 Å². The maximum Gasteiger partial charge on any atom is 0.306 e. The van der Waals surface area contributed by atoms with Crippen molar-refractivity contribution in [3.8, 4) is 0 Å². The minimum atomic E-state index is -0.254. The van der Waals surface area contributed by atoms with Crippen molar-refractivity contribution in [2.45, 2.75) is 25.2 Å². The van der Waals surface area contributed by atoms with E-state index in [4.69, 9.17) is 16.3 Å². The van der Waals surface area contributed by atoms with Gasteiger partial charge in [0, 0.05) is 10.6 Å². The number of benzene rings is 1. The highest BCUT2D eigenvalue weighted by molar-refractivity contribution is 7.99. The van der Waals surface area contributed by atoms with Gasteiger partial charge in [0.05, 0.1) is 29.0 Å². The van der Waals surface area contributed by atoms with Crippen molar-refractivity contribution in [3.63, 3.8) is 0 Å². The van der Waals surface area contributed by atoms with Crippen LogP contribution in [0.4, 0.5) is 0 Å². The van der Waals surface area contributed by atoms with E-state index in [0.717, 1.165) is 4.90 Å². The number of fused-ring (bicyclic) bond motifs is 1. The van der Waals surface area contributed by atoms with Crippen LogP contribution < -0.4 is 5.56 Å². The molecular weight excluding hydrogens is 312 g/mol. The number of hydrogen-bond acceptors (Lipinski definition) is 5. The Morgan fingerprint density at radius 1 is 1.48 bits per heavy atom. The van der Waals surface area contributed by atoms with Gasteiger partial charge in [0.15, 0.2) is 0 Å². The third-order valence-corrected chi connectivity index (χ3v) is 4.33. The van der Waals surface area contributed by atoms with E-state index in [1.165, 1.54) is 11.8 Å². The number of nitrogens with zero attached hydrogens (tertiary/aromatic N) is 1. The molecule has 5 nitrogen and oxygen atoms in total. The average Bonchev–Trinajstić information content (AvgIpc) is 2.41. The predicted molar refractivity (Wildman–Crippen MR) is 84.1 cm³/mol. The number of carbonyl (C=O) groups is 1. The summed E-state index contributed by atoms with van der Waals surface area (Å²) < 4.78 is 4.86. The Hall–Kier alpha value is -1.53. The number of hydrogen-bond donors (Lipinski definition) is 1. The van der Waals surface area contributed by atoms with E-state index in [1.807, 2.05) is 6.07 Å². The zero-order valence-electron chi connectivity index (χ0n) is 11.7. The molecule has 0 amide bonds. The first-order valence-corrected chi connectivity index (χ1v) is 7.86. The SMILES string of the molecule is CCOC(=O)CCSc1ccc2nc(C)[nH]c(=O)c2c1Cl. The second-order valence-electron chi connectivity index (χ2n) is 4.33. The molecule has 0 aliphatic carbocycles. The van der Waals surface area contributed by atoms with E-state index in [0.29, 0.717) is 40.5 Å². The lowest BCUT2D eigenvalue weighted by Gasteiger charge is -2.07. The van der Waals surface area contributed by atoms with Gasteiger partial charge in [-0.3, -0.25) is 9.59 Å². The number of rotatable bonds is 5. The van der Waals surface area contributed by atoms with Crippen LogP contribution in [0.2, 0.25) is 5.02 Å². The molecule has 0 saturated carbocycles. The smallest absolute Gasteiger partial charge is 0.306 e. The first kappa shape index (κ1) is 15.9. The number of aromatic amines is 1. The Kier molecular flexibility index (Phi) is 5.25. The number of aromatic nitrogens is 2. The molecule has 0 aliphatic heterocycles. The molecule has 0 spiro atoms. The minimum Gasteiger partial charge on any atom is -0.466 e. The van der Waals surface area contributed by atoms with Gasteiger partial charge in [-0.15, -0.1) is 11.8 Å². The molecule has 7 heteroatoms. The maximum absolute atomic E-state index is 12.0. The van der Waals surface area contributed by atoms with E-state index >= 15 is 0 Å². The van der Waals surface area contributed by atoms with E-state index in [9.17, 15) is 9.59 Å². The lowest BCUT2D eigenvalue weighted by Crippen LogP contribution is -2.10. The number of thioether (sulfide) groups is 1. The van der Waals surface area contributed by atoms with E-state index in [2.05, 4.69) is 9.97 Å². The lowest BCUT2D eigenvalue weighted by atomic mass is 10.2. The van der Waals surface area contributed by atoms with Crippen LogP contribution in [-0.4, -0.2) is 28.3 Å².